The van der Waals surface area contributed by atoms with Gasteiger partial charge in [0.25, 0.3) is 5.91 Å². The van der Waals surface area contributed by atoms with Crippen LogP contribution in [0.15, 0.2) is 53.6 Å². The Labute approximate surface area is 234 Å². The van der Waals surface area contributed by atoms with Crippen molar-refractivity contribution < 1.29 is 14.3 Å². The minimum absolute atomic E-state index is 0.119. The molecule has 0 saturated carbocycles. The van der Waals surface area contributed by atoms with Gasteiger partial charge in [-0.05, 0) is 38.5 Å². The number of rotatable bonds is 7. The molecule has 1 unspecified atom stereocenters. The lowest BCUT2D eigenvalue weighted by Gasteiger charge is -2.33. The number of carbonyl (C=O) groups is 2. The molecule has 2 heterocycles. The predicted octanol–water partition coefficient (Wildman–Crippen LogP) is 4.81. The van der Waals surface area contributed by atoms with Gasteiger partial charge in [-0.1, -0.05) is 59.6 Å². The Bertz CT molecular complexity index is 1180. The number of hydrogen-bond acceptors (Lipinski definition) is 5. The highest BCUT2D eigenvalue weighted by Gasteiger charge is 2.36. The van der Waals surface area contributed by atoms with E-state index in [1.807, 2.05) is 57.2 Å². The molecule has 2 aliphatic rings. The van der Waals surface area contributed by atoms with Gasteiger partial charge in [0.1, 0.15) is 6.54 Å². The van der Waals surface area contributed by atoms with Gasteiger partial charge in [0.2, 0.25) is 0 Å². The maximum absolute atomic E-state index is 13.8. The normalized spacial score (nSPS) is 18.3. The van der Waals surface area contributed by atoms with Crippen molar-refractivity contribution in [1.29, 1.82) is 0 Å². The van der Waals surface area contributed by atoms with Gasteiger partial charge in [0.15, 0.2) is 0 Å². The number of benzene rings is 2. The monoisotopic (exact) mass is 559 g/mol. The van der Waals surface area contributed by atoms with Crippen LogP contribution in [-0.4, -0.2) is 83.9 Å². The molecule has 10 heteroatoms. The van der Waals surface area contributed by atoms with Crippen molar-refractivity contribution >= 4 is 40.9 Å². The van der Waals surface area contributed by atoms with Gasteiger partial charge in [0.05, 0.1) is 25.0 Å². The third-order valence-corrected chi connectivity index (χ3v) is 7.17. The zero-order valence-corrected chi connectivity index (χ0v) is 23.6. The lowest BCUT2D eigenvalue weighted by atomic mass is 9.98. The third-order valence-electron chi connectivity index (χ3n) is 6.50. The van der Waals surface area contributed by atoms with Gasteiger partial charge in [-0.3, -0.25) is 9.69 Å². The molecule has 2 aromatic carbocycles. The summed E-state index contributed by atoms with van der Waals surface area (Å²) in [6.45, 7) is 9.62. The SMILES string of the molecule is CC(C)(C)NC(=O)N(CCN1CCOCC1)CC(=O)N1N=C(c2ccccc2Cl)CC1c1ccccc1Cl. The summed E-state index contributed by atoms with van der Waals surface area (Å²) in [5.74, 6) is -0.289. The summed E-state index contributed by atoms with van der Waals surface area (Å²) in [6.07, 6.45) is 0.459. The molecule has 3 amide bonds. The summed E-state index contributed by atoms with van der Waals surface area (Å²) >= 11 is 13.0. The largest absolute Gasteiger partial charge is 0.379 e. The summed E-state index contributed by atoms with van der Waals surface area (Å²) < 4.78 is 5.44. The van der Waals surface area contributed by atoms with E-state index in [0.29, 0.717) is 48.5 Å². The van der Waals surface area contributed by atoms with Crippen LogP contribution in [0.5, 0.6) is 0 Å². The molecule has 204 valence electrons. The van der Waals surface area contributed by atoms with Gasteiger partial charge in [0, 0.05) is 53.7 Å². The van der Waals surface area contributed by atoms with Gasteiger partial charge >= 0.3 is 6.03 Å². The van der Waals surface area contributed by atoms with Crippen LogP contribution in [0.2, 0.25) is 10.0 Å². The second-order valence-corrected chi connectivity index (χ2v) is 11.4. The highest BCUT2D eigenvalue weighted by molar-refractivity contribution is 6.34. The number of halogens is 2. The topological polar surface area (TPSA) is 77.5 Å². The highest BCUT2D eigenvalue weighted by Crippen LogP contribution is 2.37. The van der Waals surface area contributed by atoms with Crippen LogP contribution in [-0.2, 0) is 9.53 Å². The fourth-order valence-corrected chi connectivity index (χ4v) is 5.07. The number of nitrogens with zero attached hydrogens (tertiary/aromatic N) is 4. The van der Waals surface area contributed by atoms with Crippen molar-refractivity contribution in [2.24, 2.45) is 5.10 Å². The first-order chi connectivity index (χ1) is 18.1. The number of urea groups is 1. The standard InChI is InChI=1S/C28H35Cl2N5O3/c1-28(2,3)31-27(37)34(13-12-33-14-16-38-17-15-33)19-26(36)35-25(21-9-5-7-11-23(21)30)18-24(32-35)20-8-4-6-10-22(20)29/h4-11,25H,12-19H2,1-3H3,(H,31,37). The van der Waals surface area contributed by atoms with Crippen LogP contribution < -0.4 is 5.32 Å². The molecular formula is C28H35Cl2N5O3. The maximum Gasteiger partial charge on any atom is 0.318 e. The summed E-state index contributed by atoms with van der Waals surface area (Å²) in [5.41, 5.74) is 1.83. The lowest BCUT2D eigenvalue weighted by molar-refractivity contribution is -0.133. The van der Waals surface area contributed by atoms with Crippen LogP contribution in [0.25, 0.3) is 0 Å². The molecule has 1 fully saturated rings. The molecule has 0 aromatic heterocycles. The average molecular weight is 561 g/mol. The Morgan fingerprint density at radius 3 is 2.37 bits per heavy atom. The molecule has 0 aliphatic carbocycles. The summed E-state index contributed by atoms with van der Waals surface area (Å²) in [5, 5.41) is 10.3. The quantitative estimate of drug-likeness (QED) is 0.527. The summed E-state index contributed by atoms with van der Waals surface area (Å²) in [7, 11) is 0. The molecule has 38 heavy (non-hydrogen) atoms. The Balaban J connectivity index is 1.59. The molecule has 2 aliphatic heterocycles. The Morgan fingerprint density at radius 2 is 1.71 bits per heavy atom. The predicted molar refractivity (Wildman–Crippen MR) is 151 cm³/mol. The minimum Gasteiger partial charge on any atom is -0.379 e. The van der Waals surface area contributed by atoms with E-state index in [1.165, 1.54) is 5.01 Å². The van der Waals surface area contributed by atoms with Crippen molar-refractivity contribution in [1.82, 2.24) is 20.1 Å². The van der Waals surface area contributed by atoms with Crippen LogP contribution >= 0.6 is 23.2 Å². The number of hydrazone groups is 1. The number of ether oxygens (including phenoxy) is 1. The molecular weight excluding hydrogens is 525 g/mol. The zero-order valence-electron chi connectivity index (χ0n) is 22.1. The minimum atomic E-state index is -0.444. The van der Waals surface area contributed by atoms with E-state index in [2.05, 4.69) is 10.2 Å². The second-order valence-electron chi connectivity index (χ2n) is 10.6. The molecule has 0 spiro atoms. The van der Waals surface area contributed by atoms with Crippen LogP contribution in [0.4, 0.5) is 4.79 Å². The van der Waals surface area contributed by atoms with Crippen LogP contribution in [0.1, 0.15) is 44.4 Å². The first kappa shape index (κ1) is 28.4. The molecule has 0 bridgehead atoms. The number of hydrogen-bond donors (Lipinski definition) is 1. The fraction of sp³-hybridized carbons (Fsp3) is 0.464. The van der Waals surface area contributed by atoms with Gasteiger partial charge in [-0.15, -0.1) is 0 Å². The third kappa shape index (κ3) is 7.26. The van der Waals surface area contributed by atoms with E-state index in [9.17, 15) is 9.59 Å². The average Bonchev–Trinajstić information content (AvgIpc) is 3.31. The van der Waals surface area contributed by atoms with Crippen LogP contribution in [0, 0.1) is 0 Å². The second kappa shape index (κ2) is 12.5. The van der Waals surface area contributed by atoms with E-state index in [-0.39, 0.29) is 18.5 Å². The van der Waals surface area contributed by atoms with E-state index in [1.54, 1.807) is 17.0 Å². The van der Waals surface area contributed by atoms with Crippen molar-refractivity contribution in [3.63, 3.8) is 0 Å². The van der Waals surface area contributed by atoms with Gasteiger partial charge in [-0.25, -0.2) is 9.80 Å². The van der Waals surface area contributed by atoms with Crippen molar-refractivity contribution in [2.75, 3.05) is 45.9 Å². The number of amides is 3. The Morgan fingerprint density at radius 1 is 1.05 bits per heavy atom. The van der Waals surface area contributed by atoms with Crippen LogP contribution in [0.3, 0.4) is 0 Å². The Hall–Kier alpha value is -2.65. The van der Waals surface area contributed by atoms with Crippen molar-refractivity contribution in [2.45, 2.75) is 38.8 Å². The molecule has 2 aromatic rings. The first-order valence-corrected chi connectivity index (χ1v) is 13.6. The highest BCUT2D eigenvalue weighted by atomic mass is 35.5. The van der Waals surface area contributed by atoms with E-state index in [4.69, 9.17) is 33.0 Å². The molecule has 1 N–H and O–H groups in total. The maximum atomic E-state index is 13.8. The van der Waals surface area contributed by atoms with Crippen molar-refractivity contribution in [3.8, 4) is 0 Å². The summed E-state index contributed by atoms with van der Waals surface area (Å²) in [6, 6.07) is 14.2. The molecule has 1 saturated heterocycles. The van der Waals surface area contributed by atoms with Gasteiger partial charge < -0.3 is 15.0 Å². The lowest BCUT2D eigenvalue weighted by Crippen LogP contribution is -2.53. The number of carbonyl (C=O) groups excluding carboxylic acids is 2. The van der Waals surface area contributed by atoms with E-state index >= 15 is 0 Å². The zero-order chi connectivity index (χ0) is 27.3. The molecule has 0 radical (unpaired) electrons. The van der Waals surface area contributed by atoms with E-state index < -0.39 is 11.6 Å². The smallest absolute Gasteiger partial charge is 0.318 e. The Kier molecular flexibility index (Phi) is 9.31. The van der Waals surface area contributed by atoms with Gasteiger partial charge in [-0.2, -0.15) is 5.10 Å². The molecule has 8 nitrogen and oxygen atoms in total. The van der Waals surface area contributed by atoms with Crippen molar-refractivity contribution in [3.05, 3.63) is 69.7 Å². The fourth-order valence-electron chi connectivity index (χ4n) is 4.56. The molecule has 4 rings (SSSR count). The molecule has 1 atom stereocenters. The van der Waals surface area contributed by atoms with E-state index in [0.717, 1.165) is 24.2 Å². The first-order valence-electron chi connectivity index (χ1n) is 12.9. The summed E-state index contributed by atoms with van der Waals surface area (Å²) in [4.78, 5) is 30.9. The number of nitrogens with one attached hydrogen (secondary N) is 1. The number of morpholine rings is 1.